The number of hydrogen-bond acceptors (Lipinski definition) is 3. The van der Waals surface area contributed by atoms with Crippen molar-refractivity contribution in [1.29, 1.82) is 0 Å². The number of nitrogens with zero attached hydrogens (tertiary/aromatic N) is 1. The Bertz CT molecular complexity index is 854. The van der Waals surface area contributed by atoms with Gasteiger partial charge in [-0.05, 0) is 61.8 Å². The molecule has 0 aromatic heterocycles. The summed E-state index contributed by atoms with van der Waals surface area (Å²) in [5.41, 5.74) is 3.60. The van der Waals surface area contributed by atoms with Crippen LogP contribution in [0.4, 0.5) is 0 Å². The standard InChI is InChI=1S/C24H25NO2/c1-18(2)27-24-13-7-21(8-14-24)15-17-25-16-5-6-19(3)22-9-11-23(12-10-22)20(4)26/h5-18H,3H2,1-2,4H3/b6-5-,17-15+,25-16+. The quantitative estimate of drug-likeness (QED) is 0.330. The van der Waals surface area contributed by atoms with Gasteiger partial charge in [-0.3, -0.25) is 9.79 Å². The van der Waals surface area contributed by atoms with Gasteiger partial charge in [-0.2, -0.15) is 0 Å². The highest BCUT2D eigenvalue weighted by Gasteiger charge is 1.99. The number of ketones is 1. The molecule has 2 aromatic carbocycles. The normalized spacial score (nSPS) is 11.7. The number of benzene rings is 2. The van der Waals surface area contributed by atoms with Crippen molar-refractivity contribution in [2.45, 2.75) is 26.9 Å². The van der Waals surface area contributed by atoms with E-state index >= 15 is 0 Å². The lowest BCUT2D eigenvalue weighted by molar-refractivity contribution is 0.101. The Balaban J connectivity index is 1.86. The fourth-order valence-electron chi connectivity index (χ4n) is 2.33. The third kappa shape index (κ3) is 6.90. The molecule has 3 nitrogen and oxygen atoms in total. The van der Waals surface area contributed by atoms with Crippen LogP contribution in [0.3, 0.4) is 0 Å². The van der Waals surface area contributed by atoms with Gasteiger partial charge in [-0.1, -0.05) is 49.1 Å². The summed E-state index contributed by atoms with van der Waals surface area (Å²) in [5, 5.41) is 0. The van der Waals surface area contributed by atoms with Gasteiger partial charge >= 0.3 is 0 Å². The lowest BCUT2D eigenvalue weighted by Crippen LogP contribution is -2.05. The van der Waals surface area contributed by atoms with Crippen LogP contribution in [0.15, 0.2) is 78.5 Å². The number of hydrogen-bond donors (Lipinski definition) is 0. The Kier molecular flexibility index (Phi) is 7.50. The van der Waals surface area contributed by atoms with Crippen LogP contribution in [-0.2, 0) is 0 Å². The number of carbonyl (C=O) groups is 1. The summed E-state index contributed by atoms with van der Waals surface area (Å²) < 4.78 is 5.62. The lowest BCUT2D eigenvalue weighted by atomic mass is 10.0. The SMILES string of the molecule is C=C(\C=C/C=N/C=C/c1ccc(OC(C)C)cc1)c1ccc(C(C)=O)cc1. The first-order valence-electron chi connectivity index (χ1n) is 8.89. The van der Waals surface area contributed by atoms with E-state index in [1.54, 1.807) is 19.3 Å². The van der Waals surface area contributed by atoms with E-state index in [-0.39, 0.29) is 11.9 Å². The van der Waals surface area contributed by atoms with Crippen molar-refractivity contribution in [2.24, 2.45) is 4.99 Å². The molecule has 0 spiro atoms. The van der Waals surface area contributed by atoms with Gasteiger partial charge in [-0.25, -0.2) is 0 Å². The van der Waals surface area contributed by atoms with Gasteiger partial charge in [0, 0.05) is 18.0 Å². The van der Waals surface area contributed by atoms with Crippen LogP contribution >= 0.6 is 0 Å². The lowest BCUT2D eigenvalue weighted by Gasteiger charge is -2.09. The molecule has 0 heterocycles. The molecule has 0 unspecified atom stereocenters. The van der Waals surface area contributed by atoms with Crippen LogP contribution in [0.5, 0.6) is 5.75 Å². The molecular formula is C24H25NO2. The smallest absolute Gasteiger partial charge is 0.159 e. The predicted octanol–water partition coefficient (Wildman–Crippen LogP) is 5.99. The molecule has 0 fully saturated rings. The average Bonchev–Trinajstić information content (AvgIpc) is 2.65. The highest BCUT2D eigenvalue weighted by molar-refractivity contribution is 5.94. The third-order valence-electron chi connectivity index (χ3n) is 3.74. The Hall–Kier alpha value is -3.20. The average molecular weight is 359 g/mol. The van der Waals surface area contributed by atoms with Crippen molar-refractivity contribution in [2.75, 3.05) is 0 Å². The van der Waals surface area contributed by atoms with E-state index in [0.717, 1.165) is 22.4 Å². The van der Waals surface area contributed by atoms with Crippen LogP contribution in [-0.4, -0.2) is 18.1 Å². The number of rotatable bonds is 8. The van der Waals surface area contributed by atoms with Crippen molar-refractivity contribution in [3.8, 4) is 5.75 Å². The van der Waals surface area contributed by atoms with Crippen LogP contribution in [0.2, 0.25) is 0 Å². The summed E-state index contributed by atoms with van der Waals surface area (Å²) in [5.74, 6) is 0.923. The third-order valence-corrected chi connectivity index (χ3v) is 3.74. The molecule has 0 aliphatic heterocycles. The molecule has 27 heavy (non-hydrogen) atoms. The fourth-order valence-corrected chi connectivity index (χ4v) is 2.33. The van der Waals surface area contributed by atoms with Crippen molar-refractivity contribution in [3.63, 3.8) is 0 Å². The molecule has 0 saturated heterocycles. The second-order valence-corrected chi connectivity index (χ2v) is 6.37. The molecule has 0 N–H and O–H groups in total. The summed E-state index contributed by atoms with van der Waals surface area (Å²) in [4.78, 5) is 15.5. The van der Waals surface area contributed by atoms with E-state index in [1.807, 2.05) is 80.6 Å². The Labute approximate surface area is 161 Å². The summed E-state index contributed by atoms with van der Waals surface area (Å²) in [6, 6.07) is 15.3. The zero-order chi connectivity index (χ0) is 19.6. The van der Waals surface area contributed by atoms with Crippen LogP contribution in [0.1, 0.15) is 42.3 Å². The molecular weight excluding hydrogens is 334 g/mol. The second-order valence-electron chi connectivity index (χ2n) is 6.37. The Morgan fingerprint density at radius 3 is 2.26 bits per heavy atom. The van der Waals surface area contributed by atoms with Gasteiger partial charge in [-0.15, -0.1) is 0 Å². The number of aliphatic imine (C=N–C) groups is 1. The molecule has 0 bridgehead atoms. The molecule has 0 aliphatic rings. The van der Waals surface area contributed by atoms with E-state index in [4.69, 9.17) is 4.74 Å². The van der Waals surface area contributed by atoms with Crippen LogP contribution < -0.4 is 4.74 Å². The minimum Gasteiger partial charge on any atom is -0.491 e. The van der Waals surface area contributed by atoms with E-state index in [0.29, 0.717) is 5.56 Å². The van der Waals surface area contributed by atoms with E-state index < -0.39 is 0 Å². The van der Waals surface area contributed by atoms with Crippen LogP contribution in [0.25, 0.3) is 11.6 Å². The molecule has 0 aliphatic carbocycles. The van der Waals surface area contributed by atoms with Gasteiger partial charge in [0.15, 0.2) is 5.78 Å². The van der Waals surface area contributed by atoms with Crippen molar-refractivity contribution >= 4 is 23.6 Å². The number of ether oxygens (including phenoxy) is 1. The molecule has 2 rings (SSSR count). The topological polar surface area (TPSA) is 38.7 Å². The summed E-state index contributed by atoms with van der Waals surface area (Å²) in [7, 11) is 0. The van der Waals surface area contributed by atoms with E-state index in [9.17, 15) is 4.79 Å². The molecule has 138 valence electrons. The number of Topliss-reactive ketones (excluding diaryl/α,β-unsaturated/α-hetero) is 1. The molecule has 2 aromatic rings. The summed E-state index contributed by atoms with van der Waals surface area (Å²) >= 11 is 0. The molecule has 0 amide bonds. The zero-order valence-corrected chi connectivity index (χ0v) is 16.1. The number of allylic oxidation sites excluding steroid dienone is 3. The van der Waals surface area contributed by atoms with Gasteiger partial charge in [0.2, 0.25) is 0 Å². The van der Waals surface area contributed by atoms with Crippen molar-refractivity contribution < 1.29 is 9.53 Å². The van der Waals surface area contributed by atoms with Crippen molar-refractivity contribution in [1.82, 2.24) is 0 Å². The monoisotopic (exact) mass is 359 g/mol. The van der Waals surface area contributed by atoms with E-state index in [1.165, 1.54) is 0 Å². The largest absolute Gasteiger partial charge is 0.491 e. The first kappa shape index (κ1) is 20.1. The maximum absolute atomic E-state index is 11.3. The minimum atomic E-state index is 0.0590. The Morgan fingerprint density at radius 2 is 1.67 bits per heavy atom. The molecule has 0 radical (unpaired) electrons. The van der Waals surface area contributed by atoms with Crippen molar-refractivity contribution in [3.05, 3.63) is 90.2 Å². The zero-order valence-electron chi connectivity index (χ0n) is 16.1. The molecule has 3 heteroatoms. The summed E-state index contributed by atoms with van der Waals surface area (Å²) in [6.45, 7) is 9.60. The minimum absolute atomic E-state index is 0.0590. The summed E-state index contributed by atoms with van der Waals surface area (Å²) in [6.07, 6.45) is 9.28. The van der Waals surface area contributed by atoms with Gasteiger partial charge in [0.25, 0.3) is 0 Å². The van der Waals surface area contributed by atoms with Gasteiger partial charge in [0.1, 0.15) is 5.75 Å². The molecule has 0 saturated carbocycles. The fraction of sp³-hybridized carbons (Fsp3) is 0.167. The maximum Gasteiger partial charge on any atom is 0.159 e. The van der Waals surface area contributed by atoms with Gasteiger partial charge in [0.05, 0.1) is 6.10 Å². The molecule has 0 atom stereocenters. The van der Waals surface area contributed by atoms with E-state index in [2.05, 4.69) is 11.6 Å². The van der Waals surface area contributed by atoms with Crippen LogP contribution in [0, 0.1) is 0 Å². The Morgan fingerprint density at radius 1 is 1.04 bits per heavy atom. The predicted molar refractivity (Wildman–Crippen MR) is 114 cm³/mol. The maximum atomic E-state index is 11.3. The first-order chi connectivity index (χ1) is 13.0. The first-order valence-corrected chi connectivity index (χ1v) is 8.89. The second kappa shape index (κ2) is 10.1. The van der Waals surface area contributed by atoms with Gasteiger partial charge < -0.3 is 4.74 Å². The highest BCUT2D eigenvalue weighted by Crippen LogP contribution is 2.15. The highest BCUT2D eigenvalue weighted by atomic mass is 16.5. The number of carbonyl (C=O) groups excluding carboxylic acids is 1.